The summed E-state index contributed by atoms with van der Waals surface area (Å²) in [4.78, 5) is 46.0. The van der Waals surface area contributed by atoms with Crippen LogP contribution in [0.15, 0.2) is 82.8 Å². The van der Waals surface area contributed by atoms with Gasteiger partial charge in [0.05, 0.1) is 30.9 Å². The number of piperazine rings is 1. The quantitative estimate of drug-likeness (QED) is 0.277. The number of fused-ring (bicyclic) bond motifs is 1. The number of nitrogens with zero attached hydrogens (tertiary/aromatic N) is 7. The van der Waals surface area contributed by atoms with E-state index in [1.807, 2.05) is 39.8 Å². The predicted molar refractivity (Wildman–Crippen MR) is 165 cm³/mol. The number of nitrogen functional groups attached to an aromatic ring is 1. The van der Waals surface area contributed by atoms with E-state index < -0.39 is 16.7 Å². The first-order chi connectivity index (χ1) is 21.4. The van der Waals surface area contributed by atoms with Gasteiger partial charge in [0.1, 0.15) is 28.5 Å². The molecule has 5 heterocycles. The SMILES string of the molecule is COc1c(N2CCN(Cc3ccc(-n4c(-c5cccnc5N)cc5ncc(-c6ccc(F)cn6)nc54)cc3)CC2)c(=O)c1=O. The maximum absolute atomic E-state index is 13.5. The Hall–Kier alpha value is -5.49. The maximum atomic E-state index is 13.5. The number of hydrogen-bond acceptors (Lipinski definition) is 10. The lowest BCUT2D eigenvalue weighted by atomic mass is 10.1. The molecule has 0 aliphatic carbocycles. The van der Waals surface area contributed by atoms with Gasteiger partial charge in [0.2, 0.25) is 0 Å². The zero-order chi connectivity index (χ0) is 30.4. The van der Waals surface area contributed by atoms with Crippen LogP contribution in [0.5, 0.6) is 5.75 Å². The van der Waals surface area contributed by atoms with Crippen molar-refractivity contribution in [3.8, 4) is 34.1 Å². The summed E-state index contributed by atoms with van der Waals surface area (Å²) < 4.78 is 20.6. The summed E-state index contributed by atoms with van der Waals surface area (Å²) in [5, 5.41) is 0. The van der Waals surface area contributed by atoms with Crippen LogP contribution in [-0.2, 0) is 6.54 Å². The average Bonchev–Trinajstić information content (AvgIpc) is 3.43. The highest BCUT2D eigenvalue weighted by molar-refractivity contribution is 5.87. The van der Waals surface area contributed by atoms with E-state index in [1.165, 1.54) is 13.2 Å². The molecule has 0 bridgehead atoms. The molecule has 0 spiro atoms. The molecule has 1 saturated heterocycles. The van der Waals surface area contributed by atoms with Gasteiger partial charge in [0.15, 0.2) is 11.4 Å². The molecular formula is C32H27FN8O3. The molecular weight excluding hydrogens is 563 g/mol. The Labute approximate surface area is 250 Å². The Balaban J connectivity index is 1.18. The van der Waals surface area contributed by atoms with E-state index in [1.54, 1.807) is 18.5 Å². The molecule has 0 unspecified atom stereocenters. The van der Waals surface area contributed by atoms with Gasteiger partial charge in [-0.3, -0.25) is 29.0 Å². The third kappa shape index (κ3) is 4.74. The zero-order valence-electron chi connectivity index (χ0n) is 23.8. The van der Waals surface area contributed by atoms with Crippen molar-refractivity contribution in [2.45, 2.75) is 6.54 Å². The Morgan fingerprint density at radius 3 is 2.41 bits per heavy atom. The summed E-state index contributed by atoms with van der Waals surface area (Å²) in [7, 11) is 1.42. The molecule has 1 fully saturated rings. The van der Waals surface area contributed by atoms with Crippen molar-refractivity contribution in [3.05, 3.63) is 105 Å². The number of aromatic nitrogens is 5. The predicted octanol–water partition coefficient (Wildman–Crippen LogP) is 3.19. The first kappa shape index (κ1) is 27.3. The molecule has 6 aromatic rings. The Kier molecular flexibility index (Phi) is 6.82. The molecule has 4 aromatic heterocycles. The molecule has 7 rings (SSSR count). The summed E-state index contributed by atoms with van der Waals surface area (Å²) in [6, 6.07) is 16.8. The molecule has 2 aromatic carbocycles. The number of hydrogen-bond donors (Lipinski definition) is 1. The number of methoxy groups -OCH3 is 1. The second kappa shape index (κ2) is 11.0. The number of halogens is 1. The summed E-state index contributed by atoms with van der Waals surface area (Å²) in [6.45, 7) is 3.48. The normalized spacial score (nSPS) is 14.0. The minimum atomic E-state index is -0.552. The number of ether oxygens (including phenoxy) is 1. The van der Waals surface area contributed by atoms with Gasteiger partial charge in [-0.05, 0) is 48.0 Å². The molecule has 2 N–H and O–H groups in total. The molecule has 220 valence electrons. The summed E-state index contributed by atoms with van der Waals surface area (Å²) in [5.74, 6) is 0.119. The van der Waals surface area contributed by atoms with Gasteiger partial charge < -0.3 is 15.4 Å². The van der Waals surface area contributed by atoms with Crippen LogP contribution in [0.25, 0.3) is 39.5 Å². The lowest BCUT2D eigenvalue weighted by molar-refractivity contribution is 0.248. The summed E-state index contributed by atoms with van der Waals surface area (Å²) >= 11 is 0. The minimum absolute atomic E-state index is 0.162. The summed E-state index contributed by atoms with van der Waals surface area (Å²) in [5.41, 5.74) is 11.5. The van der Waals surface area contributed by atoms with Crippen molar-refractivity contribution in [1.29, 1.82) is 0 Å². The molecule has 0 amide bonds. The molecule has 0 saturated carbocycles. The van der Waals surface area contributed by atoms with Gasteiger partial charge in [-0.25, -0.2) is 14.4 Å². The highest BCUT2D eigenvalue weighted by Gasteiger charge is 2.29. The molecule has 0 radical (unpaired) electrons. The number of anilines is 2. The van der Waals surface area contributed by atoms with Gasteiger partial charge in [-0.1, -0.05) is 12.1 Å². The van der Waals surface area contributed by atoms with E-state index in [0.717, 1.165) is 48.3 Å². The van der Waals surface area contributed by atoms with Gasteiger partial charge in [0.25, 0.3) is 10.9 Å². The molecule has 11 nitrogen and oxygen atoms in total. The molecule has 12 heteroatoms. The maximum Gasteiger partial charge on any atom is 0.272 e. The minimum Gasteiger partial charge on any atom is -0.491 e. The lowest BCUT2D eigenvalue weighted by Crippen LogP contribution is -2.50. The van der Waals surface area contributed by atoms with Gasteiger partial charge in [0, 0.05) is 50.2 Å². The van der Waals surface area contributed by atoms with Crippen molar-refractivity contribution in [3.63, 3.8) is 0 Å². The molecule has 0 atom stereocenters. The Morgan fingerprint density at radius 1 is 0.909 bits per heavy atom. The van der Waals surface area contributed by atoms with Crippen LogP contribution in [-0.4, -0.2) is 62.7 Å². The number of rotatable bonds is 7. The van der Waals surface area contributed by atoms with Crippen LogP contribution in [0.2, 0.25) is 0 Å². The fraction of sp³-hybridized carbons (Fsp3) is 0.188. The van der Waals surface area contributed by atoms with Crippen LogP contribution < -0.4 is 26.2 Å². The molecule has 1 aliphatic rings. The molecule has 44 heavy (non-hydrogen) atoms. The van der Waals surface area contributed by atoms with Gasteiger partial charge in [-0.15, -0.1) is 0 Å². The second-order valence-corrected chi connectivity index (χ2v) is 10.6. The van der Waals surface area contributed by atoms with E-state index in [4.69, 9.17) is 15.5 Å². The first-order valence-corrected chi connectivity index (χ1v) is 14.1. The lowest BCUT2D eigenvalue weighted by Gasteiger charge is -2.36. The standard InChI is InChI=1S/C32H27FN8O3/c1-44-30-27(28(42)29(30)43)40-13-11-39(12-14-40)18-19-4-7-21(8-5-19)41-26(22-3-2-10-35-31(22)34)15-24-32(41)38-25(17-37-24)23-9-6-20(33)16-36-23/h2-10,15-17H,11-14,18H2,1H3,(H2,34,35). The van der Waals surface area contributed by atoms with Crippen molar-refractivity contribution in [1.82, 2.24) is 29.4 Å². The smallest absolute Gasteiger partial charge is 0.272 e. The van der Waals surface area contributed by atoms with Crippen molar-refractivity contribution < 1.29 is 9.13 Å². The monoisotopic (exact) mass is 590 g/mol. The number of pyridine rings is 2. The highest BCUT2D eigenvalue weighted by Crippen LogP contribution is 2.33. The van der Waals surface area contributed by atoms with Crippen LogP contribution in [0.4, 0.5) is 15.9 Å². The van der Waals surface area contributed by atoms with Crippen molar-refractivity contribution in [2.75, 3.05) is 43.9 Å². The number of nitrogens with two attached hydrogens (primary N) is 1. The Bertz CT molecular complexity index is 2060. The van der Waals surface area contributed by atoms with E-state index >= 15 is 0 Å². The van der Waals surface area contributed by atoms with E-state index in [2.05, 4.69) is 32.0 Å². The van der Waals surface area contributed by atoms with E-state index in [0.29, 0.717) is 47.1 Å². The van der Waals surface area contributed by atoms with Gasteiger partial charge in [-0.2, -0.15) is 0 Å². The second-order valence-electron chi connectivity index (χ2n) is 10.6. The largest absolute Gasteiger partial charge is 0.491 e. The fourth-order valence-electron chi connectivity index (χ4n) is 5.68. The topological polar surface area (TPSA) is 132 Å². The van der Waals surface area contributed by atoms with Crippen LogP contribution in [0.3, 0.4) is 0 Å². The highest BCUT2D eigenvalue weighted by atomic mass is 19.1. The van der Waals surface area contributed by atoms with Crippen LogP contribution in [0.1, 0.15) is 5.56 Å². The Morgan fingerprint density at radius 2 is 1.70 bits per heavy atom. The van der Waals surface area contributed by atoms with Crippen molar-refractivity contribution in [2.24, 2.45) is 0 Å². The third-order valence-corrected chi connectivity index (χ3v) is 7.95. The van der Waals surface area contributed by atoms with E-state index in [-0.39, 0.29) is 5.75 Å². The van der Waals surface area contributed by atoms with Crippen LogP contribution >= 0.6 is 0 Å². The fourth-order valence-corrected chi connectivity index (χ4v) is 5.68. The van der Waals surface area contributed by atoms with Gasteiger partial charge >= 0.3 is 0 Å². The van der Waals surface area contributed by atoms with Crippen molar-refractivity contribution >= 4 is 22.7 Å². The molecule has 1 aliphatic heterocycles. The van der Waals surface area contributed by atoms with Crippen LogP contribution in [0, 0.1) is 5.82 Å². The summed E-state index contributed by atoms with van der Waals surface area (Å²) in [6.07, 6.45) is 4.42. The first-order valence-electron chi connectivity index (χ1n) is 14.1. The third-order valence-electron chi connectivity index (χ3n) is 7.95. The zero-order valence-corrected chi connectivity index (χ0v) is 23.8. The average molecular weight is 591 g/mol. The van der Waals surface area contributed by atoms with E-state index in [9.17, 15) is 14.0 Å². The number of benzene rings is 1.